The van der Waals surface area contributed by atoms with Crippen LogP contribution in [0, 0.1) is 20.8 Å². The second kappa shape index (κ2) is 11.0. The number of rotatable bonds is 8. The minimum atomic E-state index is -4.00. The summed E-state index contributed by atoms with van der Waals surface area (Å²) in [4.78, 5) is 24.3. The van der Waals surface area contributed by atoms with E-state index in [1.165, 1.54) is 11.2 Å². The van der Waals surface area contributed by atoms with Crippen molar-refractivity contribution in [2.45, 2.75) is 39.1 Å². The maximum Gasteiger partial charge on any atom is 0.244 e. The molecule has 3 aromatic carbocycles. The lowest BCUT2D eigenvalue weighted by atomic mass is 10.1. The number of hydrogen-bond acceptors (Lipinski definition) is 4. The molecule has 0 atom stereocenters. The summed E-state index contributed by atoms with van der Waals surface area (Å²) in [6.07, 6.45) is 0. The van der Waals surface area contributed by atoms with Crippen molar-refractivity contribution in [3.63, 3.8) is 0 Å². The summed E-state index contributed by atoms with van der Waals surface area (Å²) in [5, 5.41) is 5.92. The molecule has 0 unspecified atom stereocenters. The molecule has 0 aliphatic carbocycles. The Labute approximate surface area is 211 Å². The molecular formula is C26H28ClN3O4S. The Kier molecular flexibility index (Phi) is 8.32. The van der Waals surface area contributed by atoms with Crippen molar-refractivity contribution in [3.8, 4) is 0 Å². The number of anilines is 2. The average molecular weight is 514 g/mol. The zero-order chi connectivity index (χ0) is 25.8. The first-order chi connectivity index (χ1) is 16.5. The number of carbonyl (C=O) groups excluding carboxylic acids is 2. The zero-order valence-corrected chi connectivity index (χ0v) is 21.6. The fourth-order valence-electron chi connectivity index (χ4n) is 3.92. The van der Waals surface area contributed by atoms with Crippen LogP contribution in [0.1, 0.15) is 29.2 Å². The van der Waals surface area contributed by atoms with Crippen LogP contribution in [0.3, 0.4) is 0 Å². The first-order valence-corrected chi connectivity index (χ1v) is 12.8. The van der Waals surface area contributed by atoms with Gasteiger partial charge in [0.05, 0.1) is 11.4 Å². The maximum absolute atomic E-state index is 13.8. The predicted octanol–water partition coefficient (Wildman–Crippen LogP) is 5.05. The minimum absolute atomic E-state index is 0.00114. The van der Waals surface area contributed by atoms with Gasteiger partial charge in [0, 0.05) is 29.9 Å². The van der Waals surface area contributed by atoms with E-state index in [0.717, 1.165) is 5.56 Å². The molecule has 184 valence electrons. The van der Waals surface area contributed by atoms with Gasteiger partial charge >= 0.3 is 0 Å². The van der Waals surface area contributed by atoms with Gasteiger partial charge in [-0.2, -0.15) is 4.31 Å². The molecule has 9 heteroatoms. The lowest BCUT2D eigenvalue weighted by Gasteiger charge is -2.24. The summed E-state index contributed by atoms with van der Waals surface area (Å²) in [5.74, 6) is -0.691. The second-order valence-electron chi connectivity index (χ2n) is 8.43. The number of sulfonamides is 1. The van der Waals surface area contributed by atoms with E-state index < -0.39 is 15.9 Å². The van der Waals surface area contributed by atoms with Gasteiger partial charge in [0.2, 0.25) is 21.8 Å². The molecule has 7 nitrogen and oxygen atoms in total. The molecule has 0 spiro atoms. The monoisotopic (exact) mass is 513 g/mol. The Hall–Kier alpha value is -3.20. The lowest BCUT2D eigenvalue weighted by Crippen LogP contribution is -2.38. The maximum atomic E-state index is 13.8. The van der Waals surface area contributed by atoms with Crippen molar-refractivity contribution in [1.82, 2.24) is 4.31 Å². The van der Waals surface area contributed by atoms with E-state index in [2.05, 4.69) is 10.6 Å². The van der Waals surface area contributed by atoms with E-state index >= 15 is 0 Å². The van der Waals surface area contributed by atoms with Crippen LogP contribution in [0.2, 0.25) is 5.02 Å². The smallest absolute Gasteiger partial charge is 0.244 e. The number of nitrogens with one attached hydrogen (secondary N) is 2. The van der Waals surface area contributed by atoms with Crippen LogP contribution in [-0.2, 0) is 26.2 Å². The largest absolute Gasteiger partial charge is 0.326 e. The van der Waals surface area contributed by atoms with Gasteiger partial charge in [0.1, 0.15) is 0 Å². The first kappa shape index (κ1) is 26.4. The molecule has 3 aromatic rings. The molecule has 0 saturated heterocycles. The van der Waals surface area contributed by atoms with Crippen molar-refractivity contribution in [2.75, 3.05) is 17.2 Å². The van der Waals surface area contributed by atoms with Gasteiger partial charge in [-0.05, 0) is 73.9 Å². The summed E-state index contributed by atoms with van der Waals surface area (Å²) < 4.78 is 28.7. The first-order valence-electron chi connectivity index (χ1n) is 11.0. The van der Waals surface area contributed by atoms with Crippen LogP contribution in [0.5, 0.6) is 0 Å². The van der Waals surface area contributed by atoms with Gasteiger partial charge in [0.15, 0.2) is 0 Å². The molecule has 0 radical (unpaired) electrons. The number of amides is 2. The standard InChI is InChI=1S/C26H28ClN3O4S/c1-17-13-18(2)26(19(3)14-17)35(33,34)30(15-21-5-7-22(27)8-6-21)16-25(32)29-24-11-9-23(10-12-24)28-20(4)31/h5-14H,15-16H2,1-4H3,(H,28,31)(H,29,32). The second-order valence-corrected chi connectivity index (χ2v) is 10.7. The van der Waals surface area contributed by atoms with Gasteiger partial charge < -0.3 is 10.6 Å². The Morgan fingerprint density at radius 1 is 0.857 bits per heavy atom. The van der Waals surface area contributed by atoms with Gasteiger partial charge in [-0.25, -0.2) is 8.42 Å². The van der Waals surface area contributed by atoms with Gasteiger partial charge in [-0.1, -0.05) is 41.4 Å². The summed E-state index contributed by atoms with van der Waals surface area (Å²) in [7, 11) is -4.00. The third kappa shape index (κ3) is 6.91. The Bertz CT molecular complexity index is 1320. The van der Waals surface area contributed by atoms with Crippen LogP contribution in [-0.4, -0.2) is 31.1 Å². The van der Waals surface area contributed by atoms with Gasteiger partial charge in [-0.3, -0.25) is 9.59 Å². The Morgan fingerprint density at radius 2 is 1.37 bits per heavy atom. The highest BCUT2D eigenvalue weighted by Crippen LogP contribution is 2.27. The molecule has 0 saturated carbocycles. The van der Waals surface area contributed by atoms with Gasteiger partial charge in [-0.15, -0.1) is 0 Å². The number of benzene rings is 3. The highest BCUT2D eigenvalue weighted by atomic mass is 35.5. The van der Waals surface area contributed by atoms with Gasteiger partial charge in [0.25, 0.3) is 0 Å². The van der Waals surface area contributed by atoms with E-state index in [4.69, 9.17) is 11.6 Å². The number of nitrogens with zero attached hydrogens (tertiary/aromatic N) is 1. The molecule has 0 aromatic heterocycles. The molecule has 0 aliphatic heterocycles. The van der Waals surface area contributed by atoms with Crippen LogP contribution >= 0.6 is 11.6 Å². The molecule has 0 fully saturated rings. The molecule has 3 rings (SSSR count). The summed E-state index contributed by atoms with van der Waals surface area (Å²) >= 11 is 5.98. The molecule has 2 amide bonds. The molecule has 0 heterocycles. The van der Waals surface area contributed by atoms with Crippen LogP contribution in [0.4, 0.5) is 11.4 Å². The van der Waals surface area contributed by atoms with Crippen molar-refractivity contribution in [1.29, 1.82) is 0 Å². The molecule has 2 N–H and O–H groups in total. The Morgan fingerprint density at radius 3 is 1.89 bits per heavy atom. The number of hydrogen-bond donors (Lipinski definition) is 2. The van der Waals surface area contributed by atoms with Crippen molar-refractivity contribution in [2.24, 2.45) is 0 Å². The van der Waals surface area contributed by atoms with E-state index in [-0.39, 0.29) is 23.9 Å². The van der Waals surface area contributed by atoms with E-state index in [1.807, 2.05) is 19.1 Å². The average Bonchev–Trinajstić information content (AvgIpc) is 2.75. The Balaban J connectivity index is 1.89. The fourth-order valence-corrected chi connectivity index (χ4v) is 5.84. The predicted molar refractivity (Wildman–Crippen MR) is 139 cm³/mol. The molecule has 0 bridgehead atoms. The zero-order valence-electron chi connectivity index (χ0n) is 20.1. The third-order valence-electron chi connectivity index (χ3n) is 5.28. The number of halogens is 1. The number of carbonyl (C=O) groups is 2. The minimum Gasteiger partial charge on any atom is -0.326 e. The normalized spacial score (nSPS) is 11.4. The SMILES string of the molecule is CC(=O)Nc1ccc(NC(=O)CN(Cc2ccc(Cl)cc2)S(=O)(=O)c2c(C)cc(C)cc2C)cc1. The number of aryl methyl sites for hydroxylation is 3. The van der Waals surface area contributed by atoms with Crippen molar-refractivity contribution in [3.05, 3.63) is 87.9 Å². The fraction of sp³-hybridized carbons (Fsp3) is 0.231. The summed E-state index contributed by atoms with van der Waals surface area (Å²) in [6, 6.07) is 17.0. The van der Waals surface area contributed by atoms with Crippen LogP contribution < -0.4 is 10.6 Å². The molecule has 0 aliphatic rings. The topological polar surface area (TPSA) is 95.6 Å². The summed E-state index contributed by atoms with van der Waals surface area (Å²) in [6.45, 7) is 6.44. The van der Waals surface area contributed by atoms with Crippen LogP contribution in [0.25, 0.3) is 0 Å². The van der Waals surface area contributed by atoms with E-state index in [0.29, 0.717) is 33.1 Å². The lowest BCUT2D eigenvalue weighted by molar-refractivity contribution is -0.116. The van der Waals surface area contributed by atoms with Crippen molar-refractivity contribution < 1.29 is 18.0 Å². The molecule has 35 heavy (non-hydrogen) atoms. The quantitative estimate of drug-likeness (QED) is 0.440. The van der Waals surface area contributed by atoms with E-state index in [9.17, 15) is 18.0 Å². The molecular weight excluding hydrogens is 486 g/mol. The highest BCUT2D eigenvalue weighted by molar-refractivity contribution is 7.89. The third-order valence-corrected chi connectivity index (χ3v) is 7.63. The van der Waals surface area contributed by atoms with Crippen LogP contribution in [0.15, 0.2) is 65.6 Å². The summed E-state index contributed by atoms with van der Waals surface area (Å²) in [5.41, 5.74) is 3.98. The van der Waals surface area contributed by atoms with E-state index in [1.54, 1.807) is 62.4 Å². The highest BCUT2D eigenvalue weighted by Gasteiger charge is 2.30. The van der Waals surface area contributed by atoms with Crippen molar-refractivity contribution >= 4 is 44.8 Å².